The van der Waals surface area contributed by atoms with Crippen LogP contribution in [0.5, 0.6) is 0 Å². The van der Waals surface area contributed by atoms with Crippen LogP contribution in [0.2, 0.25) is 0 Å². The Morgan fingerprint density at radius 2 is 1.77 bits per heavy atom. The number of anilines is 1. The Kier molecular flexibility index (Phi) is 6.02. The van der Waals surface area contributed by atoms with E-state index in [0.29, 0.717) is 31.7 Å². The minimum atomic E-state index is -0.224. The molecule has 0 atom stereocenters. The van der Waals surface area contributed by atoms with Crippen LogP contribution in [0.1, 0.15) is 39.8 Å². The lowest BCUT2D eigenvalue weighted by Crippen LogP contribution is -2.39. The second-order valence-corrected chi connectivity index (χ2v) is 7.72. The van der Waals surface area contributed by atoms with Gasteiger partial charge >= 0.3 is 6.03 Å². The summed E-state index contributed by atoms with van der Waals surface area (Å²) in [5, 5.41) is 10.3. The van der Waals surface area contributed by atoms with Gasteiger partial charge in [0.2, 0.25) is 0 Å². The molecular formula is C24H27N5O2. The molecule has 1 aromatic heterocycles. The third-order valence-electron chi connectivity index (χ3n) is 5.65. The molecule has 0 radical (unpaired) electrons. The SMILES string of the molecule is CCc1ccc(NC(=O)N2CCc3c(c(C(=O)NCc4ccccc4)nn3C)C2)cc1. The molecule has 0 spiro atoms. The molecule has 31 heavy (non-hydrogen) atoms. The lowest BCUT2D eigenvalue weighted by atomic mass is 10.0. The molecule has 0 saturated carbocycles. The van der Waals surface area contributed by atoms with Crippen LogP contribution in [0, 0.1) is 0 Å². The zero-order valence-corrected chi connectivity index (χ0v) is 17.9. The van der Waals surface area contributed by atoms with Crippen molar-refractivity contribution in [2.24, 2.45) is 7.05 Å². The third kappa shape index (κ3) is 4.60. The van der Waals surface area contributed by atoms with E-state index < -0.39 is 0 Å². The second-order valence-electron chi connectivity index (χ2n) is 7.72. The van der Waals surface area contributed by atoms with Gasteiger partial charge in [0.15, 0.2) is 5.69 Å². The van der Waals surface area contributed by atoms with E-state index in [-0.39, 0.29) is 11.9 Å². The van der Waals surface area contributed by atoms with E-state index in [1.54, 1.807) is 9.58 Å². The summed E-state index contributed by atoms with van der Waals surface area (Å²) in [5.41, 5.74) is 5.22. The zero-order valence-electron chi connectivity index (χ0n) is 17.9. The fourth-order valence-corrected chi connectivity index (χ4v) is 3.84. The predicted molar refractivity (Wildman–Crippen MR) is 120 cm³/mol. The smallest absolute Gasteiger partial charge is 0.322 e. The largest absolute Gasteiger partial charge is 0.347 e. The van der Waals surface area contributed by atoms with Crippen molar-refractivity contribution in [3.8, 4) is 0 Å². The molecule has 160 valence electrons. The first-order valence-corrected chi connectivity index (χ1v) is 10.6. The van der Waals surface area contributed by atoms with Crippen LogP contribution >= 0.6 is 0 Å². The Hall–Kier alpha value is -3.61. The molecule has 1 aliphatic rings. The normalized spacial score (nSPS) is 12.9. The molecule has 7 heteroatoms. The first-order valence-electron chi connectivity index (χ1n) is 10.6. The maximum absolute atomic E-state index is 12.8. The molecule has 0 fully saturated rings. The number of carbonyl (C=O) groups excluding carboxylic acids is 2. The Morgan fingerprint density at radius 1 is 1.03 bits per heavy atom. The number of urea groups is 1. The van der Waals surface area contributed by atoms with Crippen molar-refractivity contribution in [3.63, 3.8) is 0 Å². The van der Waals surface area contributed by atoms with Crippen LogP contribution in [0.25, 0.3) is 0 Å². The van der Waals surface area contributed by atoms with Crippen molar-refractivity contribution in [1.82, 2.24) is 20.0 Å². The van der Waals surface area contributed by atoms with Crippen LogP contribution in [-0.4, -0.2) is 33.2 Å². The van der Waals surface area contributed by atoms with Gasteiger partial charge in [0.25, 0.3) is 5.91 Å². The number of fused-ring (bicyclic) bond motifs is 1. The molecule has 0 saturated heterocycles. The molecule has 0 bridgehead atoms. The summed E-state index contributed by atoms with van der Waals surface area (Å²) in [5.74, 6) is -0.224. The van der Waals surface area contributed by atoms with Gasteiger partial charge in [-0.15, -0.1) is 0 Å². The fourth-order valence-electron chi connectivity index (χ4n) is 3.84. The molecule has 4 rings (SSSR count). The highest BCUT2D eigenvalue weighted by molar-refractivity contribution is 5.94. The molecule has 7 nitrogen and oxygen atoms in total. The van der Waals surface area contributed by atoms with Gasteiger partial charge in [-0.3, -0.25) is 9.48 Å². The van der Waals surface area contributed by atoms with E-state index in [4.69, 9.17) is 0 Å². The Balaban J connectivity index is 1.45. The van der Waals surface area contributed by atoms with E-state index in [1.165, 1.54) is 5.56 Å². The van der Waals surface area contributed by atoms with Crippen LogP contribution < -0.4 is 10.6 Å². The Morgan fingerprint density at radius 3 is 2.48 bits per heavy atom. The summed E-state index contributed by atoms with van der Waals surface area (Å²) < 4.78 is 1.76. The minimum Gasteiger partial charge on any atom is -0.347 e. The van der Waals surface area contributed by atoms with Gasteiger partial charge < -0.3 is 15.5 Å². The summed E-state index contributed by atoms with van der Waals surface area (Å²) in [6.45, 7) is 3.47. The lowest BCUT2D eigenvalue weighted by Gasteiger charge is -2.27. The van der Waals surface area contributed by atoms with Crippen molar-refractivity contribution in [2.45, 2.75) is 32.9 Å². The van der Waals surface area contributed by atoms with Gasteiger partial charge in [-0.2, -0.15) is 5.10 Å². The molecule has 3 amide bonds. The van der Waals surface area contributed by atoms with Gasteiger partial charge in [-0.25, -0.2) is 4.79 Å². The van der Waals surface area contributed by atoms with E-state index in [9.17, 15) is 9.59 Å². The highest BCUT2D eigenvalue weighted by Crippen LogP contribution is 2.23. The molecule has 2 aromatic carbocycles. The van der Waals surface area contributed by atoms with E-state index in [2.05, 4.69) is 22.7 Å². The van der Waals surface area contributed by atoms with Crippen LogP contribution in [0.3, 0.4) is 0 Å². The second kappa shape index (κ2) is 9.04. The van der Waals surface area contributed by atoms with Gasteiger partial charge in [-0.1, -0.05) is 49.4 Å². The number of carbonyl (C=O) groups is 2. The number of nitrogens with one attached hydrogen (secondary N) is 2. The number of aromatic nitrogens is 2. The van der Waals surface area contributed by atoms with Gasteiger partial charge in [-0.05, 0) is 29.7 Å². The quantitative estimate of drug-likeness (QED) is 0.667. The van der Waals surface area contributed by atoms with Gasteiger partial charge in [0.05, 0.1) is 6.54 Å². The average Bonchev–Trinajstić information content (AvgIpc) is 3.14. The van der Waals surface area contributed by atoms with Gasteiger partial charge in [0.1, 0.15) is 0 Å². The lowest BCUT2D eigenvalue weighted by molar-refractivity contribution is 0.0943. The maximum atomic E-state index is 12.8. The third-order valence-corrected chi connectivity index (χ3v) is 5.65. The fraction of sp³-hybridized carbons (Fsp3) is 0.292. The van der Waals surface area contributed by atoms with Crippen LogP contribution in [0.4, 0.5) is 10.5 Å². The number of hydrogen-bond donors (Lipinski definition) is 2. The zero-order chi connectivity index (χ0) is 21.8. The van der Waals surface area contributed by atoms with Crippen molar-refractivity contribution >= 4 is 17.6 Å². The number of nitrogens with zero attached hydrogens (tertiary/aromatic N) is 3. The van der Waals surface area contributed by atoms with E-state index in [0.717, 1.165) is 28.9 Å². The number of hydrogen-bond acceptors (Lipinski definition) is 3. The number of benzene rings is 2. The van der Waals surface area contributed by atoms with Crippen molar-refractivity contribution in [2.75, 3.05) is 11.9 Å². The first-order chi connectivity index (χ1) is 15.0. The molecular weight excluding hydrogens is 390 g/mol. The van der Waals surface area contributed by atoms with Crippen molar-refractivity contribution in [1.29, 1.82) is 0 Å². The molecule has 0 unspecified atom stereocenters. The first kappa shape index (κ1) is 20.7. The number of rotatable bonds is 5. The summed E-state index contributed by atoms with van der Waals surface area (Å²) >= 11 is 0. The molecule has 2 N–H and O–H groups in total. The number of aryl methyl sites for hydroxylation is 2. The molecule has 3 aromatic rings. The summed E-state index contributed by atoms with van der Waals surface area (Å²) in [7, 11) is 1.85. The maximum Gasteiger partial charge on any atom is 0.322 e. The molecule has 1 aliphatic heterocycles. The highest BCUT2D eigenvalue weighted by Gasteiger charge is 2.29. The predicted octanol–water partition coefficient (Wildman–Crippen LogP) is 3.50. The van der Waals surface area contributed by atoms with Crippen molar-refractivity contribution in [3.05, 3.63) is 82.7 Å². The summed E-state index contributed by atoms with van der Waals surface area (Å²) in [6.07, 6.45) is 1.62. The van der Waals surface area contributed by atoms with Crippen LogP contribution in [-0.2, 0) is 33.0 Å². The summed E-state index contributed by atoms with van der Waals surface area (Å²) in [4.78, 5) is 27.4. The minimum absolute atomic E-state index is 0.172. The Labute approximate surface area is 182 Å². The standard InChI is InChI=1S/C24H27N5O2/c1-3-17-9-11-19(12-10-17)26-24(31)29-14-13-21-20(16-29)22(27-28(21)2)23(30)25-15-18-7-5-4-6-8-18/h4-12H,3,13-16H2,1-2H3,(H,25,30)(H,26,31). The molecule has 0 aliphatic carbocycles. The van der Waals surface area contributed by atoms with Crippen LogP contribution in [0.15, 0.2) is 54.6 Å². The van der Waals surface area contributed by atoms with Gasteiger partial charge in [0, 0.05) is 43.5 Å². The topological polar surface area (TPSA) is 79.3 Å². The average molecular weight is 418 g/mol. The molecule has 2 heterocycles. The highest BCUT2D eigenvalue weighted by atomic mass is 16.2. The van der Waals surface area contributed by atoms with E-state index in [1.807, 2.05) is 61.6 Å². The van der Waals surface area contributed by atoms with E-state index >= 15 is 0 Å². The van der Waals surface area contributed by atoms with Crippen molar-refractivity contribution < 1.29 is 9.59 Å². The monoisotopic (exact) mass is 417 g/mol. The summed E-state index contributed by atoms with van der Waals surface area (Å²) in [6, 6.07) is 17.4. The number of amides is 3. The Bertz CT molecular complexity index is 1070.